The van der Waals surface area contributed by atoms with Crippen LogP contribution in [0, 0.1) is 0 Å². The monoisotopic (exact) mass is 651 g/mol. The number of amides is 2. The Hall–Kier alpha value is -2.31. The molecule has 3 rings (SSSR count). The zero-order valence-electron chi connectivity index (χ0n) is 21.5. The summed E-state index contributed by atoms with van der Waals surface area (Å²) in [5.41, 5.74) is -0.916. The highest BCUT2D eigenvalue weighted by Crippen LogP contribution is 2.37. The lowest BCUT2D eigenvalue weighted by atomic mass is 9.95. The number of carbonyl (C=O) groups excluding carboxylic acids is 2. The molecule has 0 heterocycles. The van der Waals surface area contributed by atoms with Crippen molar-refractivity contribution in [1.82, 2.24) is 10.2 Å². The van der Waals surface area contributed by atoms with Crippen molar-refractivity contribution in [2.45, 2.75) is 63.8 Å². The molecule has 0 aromatic heterocycles. The summed E-state index contributed by atoms with van der Waals surface area (Å²) in [6, 6.07) is 8.67. The Morgan fingerprint density at radius 3 is 2.28 bits per heavy atom. The standard InChI is InChI=1S/C26H30BrClF3N3O4S/c1-17(25(36)32-20-6-4-3-5-7-20)33(15-18-8-10-19(27)11-9-18)24(35)16-34(39(2,37)38)21-12-13-23(28)22(14-21)26(29,30)31/h8-14,17,20H,3-7,15-16H2,1-2H3,(H,32,36). The van der Waals surface area contributed by atoms with Crippen LogP contribution in [0.3, 0.4) is 0 Å². The number of anilines is 1. The predicted molar refractivity (Wildman–Crippen MR) is 148 cm³/mol. The summed E-state index contributed by atoms with van der Waals surface area (Å²) in [4.78, 5) is 28.0. The first-order chi connectivity index (χ1) is 18.2. The first-order valence-electron chi connectivity index (χ1n) is 12.4. The third-order valence-electron chi connectivity index (χ3n) is 6.61. The van der Waals surface area contributed by atoms with Crippen molar-refractivity contribution >= 4 is 55.1 Å². The maximum atomic E-state index is 13.6. The molecule has 0 saturated heterocycles. The first kappa shape index (κ1) is 31.2. The van der Waals surface area contributed by atoms with Gasteiger partial charge in [-0.3, -0.25) is 13.9 Å². The fourth-order valence-corrected chi connectivity index (χ4v) is 5.77. The van der Waals surface area contributed by atoms with Gasteiger partial charge in [0.2, 0.25) is 21.8 Å². The largest absolute Gasteiger partial charge is 0.417 e. The van der Waals surface area contributed by atoms with E-state index < -0.39 is 45.3 Å². The van der Waals surface area contributed by atoms with E-state index in [1.54, 1.807) is 31.2 Å². The van der Waals surface area contributed by atoms with E-state index >= 15 is 0 Å². The highest BCUT2D eigenvalue weighted by molar-refractivity contribution is 9.10. The molecule has 7 nitrogen and oxygen atoms in total. The molecule has 0 spiro atoms. The SMILES string of the molecule is CC(C(=O)NC1CCCCC1)N(Cc1ccc(Br)cc1)C(=O)CN(c1ccc(Cl)c(C(F)(F)F)c1)S(C)(=O)=O. The van der Waals surface area contributed by atoms with Gasteiger partial charge in [0.25, 0.3) is 0 Å². The van der Waals surface area contributed by atoms with Crippen LogP contribution in [0.15, 0.2) is 46.9 Å². The van der Waals surface area contributed by atoms with Gasteiger partial charge in [0, 0.05) is 17.1 Å². The van der Waals surface area contributed by atoms with Crippen LogP contribution in [0.5, 0.6) is 0 Å². The van der Waals surface area contributed by atoms with Gasteiger partial charge in [-0.2, -0.15) is 13.2 Å². The van der Waals surface area contributed by atoms with Gasteiger partial charge in [0.05, 0.1) is 22.5 Å². The molecular formula is C26H30BrClF3N3O4S. The summed E-state index contributed by atoms with van der Waals surface area (Å²) in [5, 5.41) is 2.38. The minimum atomic E-state index is -4.83. The predicted octanol–water partition coefficient (Wildman–Crippen LogP) is 5.75. The molecular weight excluding hydrogens is 623 g/mol. The van der Waals surface area contributed by atoms with Gasteiger partial charge in [0.15, 0.2) is 0 Å². The van der Waals surface area contributed by atoms with Crippen molar-refractivity contribution in [2.24, 2.45) is 0 Å². The molecule has 13 heteroatoms. The molecule has 1 N–H and O–H groups in total. The molecule has 1 saturated carbocycles. The number of benzene rings is 2. The third-order valence-corrected chi connectivity index (χ3v) is 8.61. The zero-order valence-corrected chi connectivity index (χ0v) is 24.6. The van der Waals surface area contributed by atoms with Crippen LogP contribution in [0.25, 0.3) is 0 Å². The second-order valence-corrected chi connectivity index (χ2v) is 12.8. The van der Waals surface area contributed by atoms with Crippen LogP contribution in [0.4, 0.5) is 18.9 Å². The van der Waals surface area contributed by atoms with E-state index in [9.17, 15) is 31.2 Å². The fourth-order valence-electron chi connectivity index (χ4n) is 4.44. The van der Waals surface area contributed by atoms with E-state index in [4.69, 9.17) is 11.6 Å². The Morgan fingerprint density at radius 1 is 1.10 bits per heavy atom. The van der Waals surface area contributed by atoms with E-state index in [1.165, 1.54) is 4.90 Å². The highest BCUT2D eigenvalue weighted by Gasteiger charge is 2.36. The van der Waals surface area contributed by atoms with Crippen molar-refractivity contribution in [3.8, 4) is 0 Å². The number of alkyl halides is 3. The third kappa shape index (κ3) is 8.59. The van der Waals surface area contributed by atoms with E-state index in [1.807, 2.05) is 0 Å². The van der Waals surface area contributed by atoms with Crippen LogP contribution < -0.4 is 9.62 Å². The first-order valence-corrected chi connectivity index (χ1v) is 15.4. The van der Waals surface area contributed by atoms with E-state index in [-0.39, 0.29) is 24.2 Å². The number of nitrogens with zero attached hydrogens (tertiary/aromatic N) is 2. The number of carbonyl (C=O) groups is 2. The molecule has 2 aromatic rings. The van der Waals surface area contributed by atoms with Gasteiger partial charge in [-0.25, -0.2) is 8.42 Å². The zero-order chi connectivity index (χ0) is 29.0. The highest BCUT2D eigenvalue weighted by atomic mass is 79.9. The lowest BCUT2D eigenvalue weighted by Gasteiger charge is -2.33. The van der Waals surface area contributed by atoms with Crippen LogP contribution >= 0.6 is 27.5 Å². The van der Waals surface area contributed by atoms with Crippen molar-refractivity contribution in [3.05, 3.63) is 63.1 Å². The topological polar surface area (TPSA) is 86.8 Å². The Kier molecular flexibility index (Phi) is 10.3. The van der Waals surface area contributed by atoms with Crippen molar-refractivity contribution < 1.29 is 31.2 Å². The molecule has 1 fully saturated rings. The lowest BCUT2D eigenvalue weighted by molar-refractivity contribution is -0.139. The van der Waals surface area contributed by atoms with Gasteiger partial charge in [-0.1, -0.05) is 58.9 Å². The molecule has 1 atom stereocenters. The molecule has 39 heavy (non-hydrogen) atoms. The van der Waals surface area contributed by atoms with Gasteiger partial charge in [-0.05, 0) is 55.7 Å². The number of halogens is 5. The lowest BCUT2D eigenvalue weighted by Crippen LogP contribution is -2.53. The minimum absolute atomic E-state index is 0.0132. The molecule has 1 aliphatic carbocycles. The van der Waals surface area contributed by atoms with E-state index in [0.717, 1.165) is 55.0 Å². The number of rotatable bonds is 9. The maximum absolute atomic E-state index is 13.6. The Morgan fingerprint density at radius 2 is 1.72 bits per heavy atom. The van der Waals surface area contributed by atoms with Gasteiger partial charge >= 0.3 is 6.18 Å². The molecule has 0 radical (unpaired) electrons. The van der Waals surface area contributed by atoms with Gasteiger partial charge < -0.3 is 10.2 Å². The smallest absolute Gasteiger partial charge is 0.352 e. The van der Waals surface area contributed by atoms with Crippen molar-refractivity contribution in [2.75, 3.05) is 17.1 Å². The summed E-state index contributed by atoms with van der Waals surface area (Å²) in [5.74, 6) is -1.14. The number of nitrogens with one attached hydrogen (secondary N) is 1. The average Bonchev–Trinajstić information content (AvgIpc) is 2.86. The molecule has 1 unspecified atom stereocenters. The molecule has 2 aromatic carbocycles. The van der Waals surface area contributed by atoms with Crippen LogP contribution in [0.2, 0.25) is 5.02 Å². The summed E-state index contributed by atoms with van der Waals surface area (Å²) < 4.78 is 67.1. The minimum Gasteiger partial charge on any atom is -0.352 e. The van der Waals surface area contributed by atoms with Crippen molar-refractivity contribution in [3.63, 3.8) is 0 Å². The van der Waals surface area contributed by atoms with Gasteiger partial charge in [-0.15, -0.1) is 0 Å². The number of hydrogen-bond acceptors (Lipinski definition) is 4. The van der Waals surface area contributed by atoms with Crippen molar-refractivity contribution in [1.29, 1.82) is 0 Å². The van der Waals surface area contributed by atoms with E-state index in [0.29, 0.717) is 15.9 Å². The molecule has 0 aliphatic heterocycles. The van der Waals surface area contributed by atoms with Crippen LogP contribution in [-0.2, 0) is 32.3 Å². The maximum Gasteiger partial charge on any atom is 0.417 e. The molecule has 1 aliphatic rings. The van der Waals surface area contributed by atoms with Crippen LogP contribution in [0.1, 0.15) is 50.2 Å². The summed E-state index contributed by atoms with van der Waals surface area (Å²) in [7, 11) is -4.20. The second kappa shape index (κ2) is 12.9. The summed E-state index contributed by atoms with van der Waals surface area (Å²) >= 11 is 9.05. The Bertz CT molecular complexity index is 1290. The number of hydrogen-bond donors (Lipinski definition) is 1. The average molecular weight is 653 g/mol. The Balaban J connectivity index is 1.92. The van der Waals surface area contributed by atoms with Gasteiger partial charge in [0.1, 0.15) is 12.6 Å². The second-order valence-electron chi connectivity index (χ2n) is 9.60. The number of sulfonamides is 1. The van der Waals surface area contributed by atoms with E-state index in [2.05, 4.69) is 21.2 Å². The quantitative estimate of drug-likeness (QED) is 0.374. The molecule has 214 valence electrons. The molecule has 2 amide bonds. The summed E-state index contributed by atoms with van der Waals surface area (Å²) in [6.07, 6.45) is 0.701. The Labute approximate surface area is 239 Å². The molecule has 0 bridgehead atoms. The normalized spacial score (nSPS) is 15.5. The van der Waals surface area contributed by atoms with Crippen LogP contribution in [-0.4, -0.2) is 50.0 Å². The summed E-state index contributed by atoms with van der Waals surface area (Å²) in [6.45, 7) is 0.719. The fraction of sp³-hybridized carbons (Fsp3) is 0.462.